The quantitative estimate of drug-likeness (QED) is 0.229. The van der Waals surface area contributed by atoms with E-state index in [1.807, 2.05) is 23.5 Å². The van der Waals surface area contributed by atoms with Crippen molar-refractivity contribution in [3.8, 4) is 11.1 Å². The topological polar surface area (TPSA) is 17.1 Å². The van der Waals surface area contributed by atoms with E-state index in [1.165, 1.54) is 42.4 Å². The predicted molar refractivity (Wildman–Crippen MR) is 140 cm³/mol. The van der Waals surface area contributed by atoms with E-state index >= 15 is 0 Å². The highest BCUT2D eigenvalue weighted by Crippen LogP contribution is 2.59. The van der Waals surface area contributed by atoms with Gasteiger partial charge in [0.25, 0.3) is 0 Å². The largest absolute Gasteiger partial charge is 0.289 e. The Morgan fingerprint density at radius 1 is 0.471 bits per heavy atom. The number of rotatable bonds is 0. The monoisotopic (exact) mass is 450 g/mol. The van der Waals surface area contributed by atoms with Crippen molar-refractivity contribution in [1.29, 1.82) is 0 Å². The number of ketones is 1. The van der Waals surface area contributed by atoms with E-state index in [-0.39, 0.29) is 5.78 Å². The van der Waals surface area contributed by atoms with Gasteiger partial charge in [-0.3, -0.25) is 4.79 Å². The van der Waals surface area contributed by atoms with E-state index in [1.54, 1.807) is 0 Å². The Balaban J connectivity index is 1.61. The summed E-state index contributed by atoms with van der Waals surface area (Å²) in [5.41, 5.74) is 8.35. The maximum atomic E-state index is 14.0. The smallest absolute Gasteiger partial charge is 0.193 e. The van der Waals surface area contributed by atoms with Crippen molar-refractivity contribution in [2.45, 2.75) is 5.41 Å². The Hall–Kier alpha value is -4.01. The summed E-state index contributed by atoms with van der Waals surface area (Å²) >= 11 is 1.81. The van der Waals surface area contributed by atoms with Crippen LogP contribution in [-0.2, 0) is 5.41 Å². The van der Waals surface area contributed by atoms with Gasteiger partial charge in [-0.25, -0.2) is 0 Å². The average Bonchev–Trinajstić information content (AvgIpc) is 3.40. The maximum absolute atomic E-state index is 14.0. The second-order valence-corrected chi connectivity index (χ2v) is 10.3. The number of fused-ring (bicyclic) bond motifs is 12. The zero-order valence-corrected chi connectivity index (χ0v) is 19.0. The second-order valence-electron chi connectivity index (χ2n) is 9.21. The lowest BCUT2D eigenvalue weighted by Crippen LogP contribution is -2.36. The first-order chi connectivity index (χ1) is 16.8. The third-order valence-electron chi connectivity index (χ3n) is 7.69. The molecule has 0 bridgehead atoms. The summed E-state index contributed by atoms with van der Waals surface area (Å²) in [4.78, 5) is 14.0. The van der Waals surface area contributed by atoms with Crippen LogP contribution >= 0.6 is 11.3 Å². The molecule has 34 heavy (non-hydrogen) atoms. The lowest BCUT2D eigenvalue weighted by Gasteiger charge is -2.39. The fourth-order valence-corrected chi connectivity index (χ4v) is 7.51. The van der Waals surface area contributed by atoms with Gasteiger partial charge in [0, 0.05) is 31.3 Å². The van der Waals surface area contributed by atoms with Gasteiger partial charge in [0.05, 0.1) is 5.41 Å². The van der Waals surface area contributed by atoms with Crippen LogP contribution in [0.3, 0.4) is 0 Å². The molecule has 0 radical (unpaired) electrons. The predicted octanol–water partition coefficient (Wildman–Crippen LogP) is 7.96. The van der Waals surface area contributed by atoms with Crippen molar-refractivity contribution in [2.75, 3.05) is 0 Å². The van der Waals surface area contributed by atoms with E-state index in [4.69, 9.17) is 0 Å². The minimum Gasteiger partial charge on any atom is -0.289 e. The van der Waals surface area contributed by atoms with Crippen molar-refractivity contribution in [3.05, 3.63) is 143 Å². The first-order valence-corrected chi connectivity index (χ1v) is 12.4. The van der Waals surface area contributed by atoms with E-state index in [0.717, 1.165) is 22.3 Å². The molecule has 8 rings (SSSR count). The van der Waals surface area contributed by atoms with E-state index in [9.17, 15) is 4.79 Å². The van der Waals surface area contributed by atoms with Crippen LogP contribution in [0, 0.1) is 0 Å². The average molecular weight is 451 g/mol. The molecule has 1 aromatic heterocycles. The van der Waals surface area contributed by atoms with Gasteiger partial charge in [-0.15, -0.1) is 11.3 Å². The lowest BCUT2D eigenvalue weighted by atomic mass is 9.61. The number of carbonyl (C=O) groups excluding carboxylic acids is 1. The Labute approximate surface area is 200 Å². The molecule has 2 aliphatic rings. The first-order valence-electron chi connectivity index (χ1n) is 11.6. The molecule has 0 saturated heterocycles. The molecule has 1 heterocycles. The molecule has 6 aromatic rings. The van der Waals surface area contributed by atoms with Gasteiger partial charge in [0.1, 0.15) is 0 Å². The van der Waals surface area contributed by atoms with Crippen LogP contribution < -0.4 is 0 Å². The highest BCUT2D eigenvalue weighted by molar-refractivity contribution is 7.25. The number of hydrogen-bond donors (Lipinski definition) is 0. The van der Waals surface area contributed by atoms with Gasteiger partial charge in [0.2, 0.25) is 0 Å². The third kappa shape index (κ3) is 2.04. The fraction of sp³-hybridized carbons (Fsp3) is 0.0312. The zero-order valence-electron chi connectivity index (χ0n) is 18.2. The van der Waals surface area contributed by atoms with Gasteiger partial charge < -0.3 is 0 Å². The molecule has 0 saturated carbocycles. The van der Waals surface area contributed by atoms with Crippen molar-refractivity contribution in [2.24, 2.45) is 0 Å². The maximum Gasteiger partial charge on any atom is 0.193 e. The number of benzene rings is 5. The standard InChI is InChI=1S/C32H18OS/c33-31-22-12-3-7-15-27(22)32(25-13-5-1-9-19(25)20-10-2-6-14-26(20)32)28-18-30-23(17-24(28)31)21-11-4-8-16-29(21)34-30/h1-18H. The van der Waals surface area contributed by atoms with E-state index in [0.29, 0.717) is 0 Å². The Bertz CT molecular complexity index is 1790. The van der Waals surface area contributed by atoms with Crippen molar-refractivity contribution >= 4 is 37.3 Å². The Morgan fingerprint density at radius 2 is 1.03 bits per heavy atom. The van der Waals surface area contributed by atoms with Crippen LogP contribution in [0.15, 0.2) is 109 Å². The summed E-state index contributed by atoms with van der Waals surface area (Å²) < 4.78 is 2.49. The summed E-state index contributed by atoms with van der Waals surface area (Å²) in [5.74, 6) is 0.121. The summed E-state index contributed by atoms with van der Waals surface area (Å²) in [7, 11) is 0. The minimum atomic E-state index is -0.503. The number of hydrogen-bond acceptors (Lipinski definition) is 2. The van der Waals surface area contributed by atoms with Gasteiger partial charge >= 0.3 is 0 Å². The van der Waals surface area contributed by atoms with E-state index < -0.39 is 5.41 Å². The highest BCUT2D eigenvalue weighted by Gasteiger charge is 2.51. The molecular weight excluding hydrogens is 432 g/mol. The van der Waals surface area contributed by atoms with Gasteiger partial charge in [0.15, 0.2) is 5.78 Å². The molecule has 1 spiro atoms. The van der Waals surface area contributed by atoms with Crippen molar-refractivity contribution < 1.29 is 4.79 Å². The van der Waals surface area contributed by atoms with Crippen LogP contribution in [0.5, 0.6) is 0 Å². The molecule has 0 amide bonds. The molecule has 1 nitrogen and oxygen atoms in total. The van der Waals surface area contributed by atoms with Crippen LogP contribution in [0.4, 0.5) is 0 Å². The van der Waals surface area contributed by atoms with Crippen LogP contribution in [0.1, 0.15) is 38.2 Å². The molecule has 0 fully saturated rings. The molecule has 158 valence electrons. The summed E-state index contributed by atoms with van der Waals surface area (Å²) in [6.45, 7) is 0. The summed E-state index contributed by atoms with van der Waals surface area (Å²) in [6, 6.07) is 38.6. The zero-order chi connectivity index (χ0) is 22.4. The Morgan fingerprint density at radius 3 is 1.74 bits per heavy atom. The molecule has 2 aliphatic carbocycles. The second kappa shape index (κ2) is 6.31. The number of thiophene rings is 1. The van der Waals surface area contributed by atoms with Gasteiger partial charge in [-0.2, -0.15) is 0 Å². The third-order valence-corrected chi connectivity index (χ3v) is 8.83. The molecule has 5 aromatic carbocycles. The summed E-state index contributed by atoms with van der Waals surface area (Å²) in [5, 5.41) is 2.39. The molecule has 0 atom stereocenters. The van der Waals surface area contributed by atoms with Gasteiger partial charge in [-0.1, -0.05) is 91.0 Å². The van der Waals surface area contributed by atoms with Crippen molar-refractivity contribution in [1.82, 2.24) is 0 Å². The minimum absolute atomic E-state index is 0.121. The number of carbonyl (C=O) groups is 1. The molecular formula is C32H18OS. The SMILES string of the molecule is O=C1c2ccccc2C2(c3cc4sc5ccccc5c4cc31)c1ccccc1-c1ccccc12. The van der Waals surface area contributed by atoms with E-state index in [2.05, 4.69) is 97.1 Å². The molecule has 0 N–H and O–H groups in total. The van der Waals surface area contributed by atoms with Gasteiger partial charge in [-0.05, 0) is 51.6 Å². The molecule has 2 heteroatoms. The van der Waals surface area contributed by atoms with Crippen molar-refractivity contribution in [3.63, 3.8) is 0 Å². The normalized spacial score (nSPS) is 14.8. The molecule has 0 aliphatic heterocycles. The first kappa shape index (κ1) is 18.4. The van der Waals surface area contributed by atoms with Crippen LogP contribution in [-0.4, -0.2) is 5.78 Å². The Kier molecular flexibility index (Phi) is 3.42. The highest BCUT2D eigenvalue weighted by atomic mass is 32.1. The van der Waals surface area contributed by atoms with Crippen LogP contribution in [0.25, 0.3) is 31.3 Å². The molecule has 0 unspecified atom stereocenters. The fourth-order valence-electron chi connectivity index (χ4n) is 6.38. The summed E-state index contributed by atoms with van der Waals surface area (Å²) in [6.07, 6.45) is 0. The lowest BCUT2D eigenvalue weighted by molar-refractivity contribution is 0.103. The van der Waals surface area contributed by atoms with Crippen LogP contribution in [0.2, 0.25) is 0 Å².